The number of halogens is 2. The van der Waals surface area contributed by atoms with E-state index in [4.69, 9.17) is 0 Å². The number of hydrogen-bond donors (Lipinski definition) is 3. The molecule has 8 nitrogen and oxygen atoms in total. The van der Waals surface area contributed by atoms with Gasteiger partial charge in [-0.2, -0.15) is 0 Å². The first-order chi connectivity index (χ1) is 18.9. The van der Waals surface area contributed by atoms with Gasteiger partial charge in [0.15, 0.2) is 5.01 Å². The van der Waals surface area contributed by atoms with Crippen LogP contribution in [0.1, 0.15) is 112 Å². The van der Waals surface area contributed by atoms with Crippen molar-refractivity contribution in [1.29, 1.82) is 0 Å². The molecule has 0 radical (unpaired) electrons. The number of aromatic nitrogens is 2. The topological polar surface area (TPSA) is 107 Å². The number of hydrogen-bond acceptors (Lipinski definition) is 7. The van der Waals surface area contributed by atoms with E-state index in [0.29, 0.717) is 11.7 Å². The number of pyridine rings is 1. The summed E-state index contributed by atoms with van der Waals surface area (Å²) in [6.07, 6.45) is 5.08. The van der Waals surface area contributed by atoms with E-state index in [2.05, 4.69) is 34.4 Å². The summed E-state index contributed by atoms with van der Waals surface area (Å²) in [5, 5.41) is 16.0. The van der Waals surface area contributed by atoms with Gasteiger partial charge in [-0.3, -0.25) is 9.59 Å². The number of amides is 2. The minimum Gasteiger partial charge on any atom is -0.389 e. The summed E-state index contributed by atoms with van der Waals surface area (Å²) >= 11 is 0.899. The normalized spacial score (nSPS) is 20.2. The van der Waals surface area contributed by atoms with Crippen molar-refractivity contribution in [2.24, 2.45) is 5.92 Å². The number of nitrogens with zero attached hydrogens (tertiary/aromatic N) is 3. The molecule has 220 valence electrons. The standard InChI is InChI=1S/C29H41F2N5O3S/c1-6-8-18-12-9-16(3)36(18)28(38)23-24(40-27(35-23)26(37)33-15-29(4,5)39)20-14-32-22(13-19(20)25(30)31)34-21(7-2)17-10-11-17/h13-14,16-18,21,25,39H,6-12,15H2,1-5H3,(H,32,34)(H,33,37). The van der Waals surface area contributed by atoms with Crippen molar-refractivity contribution >= 4 is 29.0 Å². The zero-order chi connectivity index (χ0) is 29.2. The highest BCUT2D eigenvalue weighted by Gasteiger charge is 2.38. The van der Waals surface area contributed by atoms with Crippen molar-refractivity contribution in [3.63, 3.8) is 0 Å². The average Bonchev–Trinajstić information content (AvgIpc) is 3.55. The molecule has 0 bridgehead atoms. The van der Waals surface area contributed by atoms with E-state index in [1.54, 1.807) is 18.7 Å². The summed E-state index contributed by atoms with van der Waals surface area (Å²) in [5.74, 6) is -0.0457. The lowest BCUT2D eigenvalue weighted by molar-refractivity contribution is 0.0664. The Morgan fingerprint density at radius 1 is 1.23 bits per heavy atom. The van der Waals surface area contributed by atoms with Gasteiger partial charge in [-0.1, -0.05) is 20.3 Å². The second-order valence-corrected chi connectivity index (χ2v) is 12.7. The van der Waals surface area contributed by atoms with Gasteiger partial charge in [0.1, 0.15) is 11.5 Å². The Balaban J connectivity index is 1.75. The first-order valence-corrected chi connectivity index (χ1v) is 15.1. The summed E-state index contributed by atoms with van der Waals surface area (Å²) < 4.78 is 29.0. The molecular weight excluding hydrogens is 536 g/mol. The van der Waals surface area contributed by atoms with Crippen LogP contribution in [0.25, 0.3) is 10.4 Å². The fraction of sp³-hybridized carbons (Fsp3) is 0.655. The quantitative estimate of drug-likeness (QED) is 0.284. The molecule has 2 aromatic heterocycles. The van der Waals surface area contributed by atoms with Crippen LogP contribution in [0.2, 0.25) is 0 Å². The maximum atomic E-state index is 14.5. The molecule has 3 heterocycles. The highest BCUT2D eigenvalue weighted by Crippen LogP contribution is 2.41. The van der Waals surface area contributed by atoms with Gasteiger partial charge in [-0.05, 0) is 71.3 Å². The first-order valence-electron chi connectivity index (χ1n) is 14.3. The third-order valence-corrected chi connectivity index (χ3v) is 8.82. The van der Waals surface area contributed by atoms with Crippen molar-refractivity contribution in [1.82, 2.24) is 20.2 Å². The van der Waals surface area contributed by atoms with Crippen LogP contribution in [0.4, 0.5) is 14.6 Å². The molecule has 3 atom stereocenters. The van der Waals surface area contributed by atoms with Gasteiger partial charge in [0, 0.05) is 42.0 Å². The Hall–Kier alpha value is -2.66. The minimum atomic E-state index is -2.82. The van der Waals surface area contributed by atoms with Gasteiger partial charge in [0.25, 0.3) is 18.2 Å². The lowest BCUT2D eigenvalue weighted by atomic mass is 10.1. The number of alkyl halides is 2. The second-order valence-electron chi connectivity index (χ2n) is 11.7. The lowest BCUT2D eigenvalue weighted by Gasteiger charge is -2.28. The van der Waals surface area contributed by atoms with Crippen LogP contribution in [-0.2, 0) is 0 Å². The number of aliphatic hydroxyl groups is 1. The molecular formula is C29H41F2N5O3S. The Kier molecular flexibility index (Phi) is 9.44. The third-order valence-electron chi connectivity index (χ3n) is 7.73. The predicted octanol–water partition coefficient (Wildman–Crippen LogP) is 6.04. The third kappa shape index (κ3) is 6.97. The lowest BCUT2D eigenvalue weighted by Crippen LogP contribution is -2.40. The summed E-state index contributed by atoms with van der Waals surface area (Å²) in [7, 11) is 0. The highest BCUT2D eigenvalue weighted by atomic mass is 32.1. The van der Waals surface area contributed by atoms with Crippen LogP contribution in [-0.4, -0.2) is 62.1 Å². The van der Waals surface area contributed by atoms with E-state index < -0.39 is 17.9 Å². The van der Waals surface area contributed by atoms with Gasteiger partial charge in [0.05, 0.1) is 10.5 Å². The van der Waals surface area contributed by atoms with Crippen LogP contribution in [0.5, 0.6) is 0 Å². The Morgan fingerprint density at radius 2 is 1.95 bits per heavy atom. The van der Waals surface area contributed by atoms with Gasteiger partial charge in [0.2, 0.25) is 0 Å². The molecule has 3 unspecified atom stereocenters. The molecule has 1 saturated carbocycles. The van der Waals surface area contributed by atoms with E-state index in [1.165, 1.54) is 12.3 Å². The fourth-order valence-corrected chi connectivity index (χ4v) is 6.46. The summed E-state index contributed by atoms with van der Waals surface area (Å²) in [6.45, 7) is 9.18. The van der Waals surface area contributed by atoms with E-state index in [1.807, 2.05) is 6.92 Å². The van der Waals surface area contributed by atoms with Crippen molar-refractivity contribution in [3.05, 3.63) is 28.5 Å². The van der Waals surface area contributed by atoms with Crippen LogP contribution in [0, 0.1) is 5.92 Å². The molecule has 1 aliphatic carbocycles. The molecule has 4 rings (SSSR count). The zero-order valence-electron chi connectivity index (χ0n) is 24.0. The van der Waals surface area contributed by atoms with Crippen molar-refractivity contribution in [3.8, 4) is 10.4 Å². The molecule has 2 fully saturated rings. The molecule has 0 aromatic carbocycles. The van der Waals surface area contributed by atoms with E-state index in [-0.39, 0.29) is 57.3 Å². The number of rotatable bonds is 12. The molecule has 1 saturated heterocycles. The molecule has 11 heteroatoms. The SMILES string of the molecule is CCCC1CCC(C)N1C(=O)c1nc(C(=O)NCC(C)(C)O)sc1-c1cnc(NC(CC)C2CC2)cc1C(F)F. The number of carbonyl (C=O) groups excluding carboxylic acids is 2. The summed E-state index contributed by atoms with van der Waals surface area (Å²) in [6, 6.07) is 1.52. The van der Waals surface area contributed by atoms with E-state index >= 15 is 0 Å². The Morgan fingerprint density at radius 3 is 2.55 bits per heavy atom. The minimum absolute atomic E-state index is 0.0120. The van der Waals surface area contributed by atoms with E-state index in [9.17, 15) is 23.5 Å². The summed E-state index contributed by atoms with van der Waals surface area (Å²) in [4.78, 5) is 37.8. The second kappa shape index (κ2) is 12.5. The monoisotopic (exact) mass is 577 g/mol. The molecule has 2 amide bonds. The van der Waals surface area contributed by atoms with Crippen LogP contribution in [0.15, 0.2) is 12.3 Å². The molecule has 2 aliphatic rings. The molecule has 2 aromatic rings. The van der Waals surface area contributed by atoms with Gasteiger partial charge >= 0.3 is 0 Å². The molecule has 3 N–H and O–H groups in total. The smallest absolute Gasteiger partial charge is 0.280 e. The predicted molar refractivity (Wildman–Crippen MR) is 153 cm³/mol. The molecule has 0 spiro atoms. The number of thiazole rings is 1. The fourth-order valence-electron chi connectivity index (χ4n) is 5.46. The van der Waals surface area contributed by atoms with Gasteiger partial charge in [-0.15, -0.1) is 11.3 Å². The van der Waals surface area contributed by atoms with Crippen LogP contribution < -0.4 is 10.6 Å². The molecule has 40 heavy (non-hydrogen) atoms. The average molecular weight is 578 g/mol. The van der Waals surface area contributed by atoms with E-state index in [0.717, 1.165) is 56.3 Å². The van der Waals surface area contributed by atoms with Crippen LogP contribution >= 0.6 is 11.3 Å². The number of likely N-dealkylation sites (tertiary alicyclic amines) is 1. The molecule has 1 aliphatic heterocycles. The Bertz CT molecular complexity index is 1210. The van der Waals surface area contributed by atoms with Gasteiger partial charge < -0.3 is 20.6 Å². The van der Waals surface area contributed by atoms with Crippen molar-refractivity contribution < 1.29 is 23.5 Å². The number of nitrogens with one attached hydrogen (secondary N) is 2. The van der Waals surface area contributed by atoms with Gasteiger partial charge in [-0.25, -0.2) is 18.7 Å². The first kappa shape index (κ1) is 30.3. The summed E-state index contributed by atoms with van der Waals surface area (Å²) in [5.41, 5.74) is -1.33. The maximum absolute atomic E-state index is 14.5. The maximum Gasteiger partial charge on any atom is 0.280 e. The zero-order valence-corrected chi connectivity index (χ0v) is 24.8. The van der Waals surface area contributed by atoms with Crippen LogP contribution in [0.3, 0.4) is 0 Å². The largest absolute Gasteiger partial charge is 0.389 e. The number of anilines is 1. The van der Waals surface area contributed by atoms with Crippen molar-refractivity contribution in [2.75, 3.05) is 11.9 Å². The Labute approximate surface area is 239 Å². The number of carbonyl (C=O) groups is 2. The highest BCUT2D eigenvalue weighted by molar-refractivity contribution is 7.17. The van der Waals surface area contributed by atoms with Crippen molar-refractivity contribution in [2.45, 2.75) is 110 Å².